The van der Waals surface area contributed by atoms with Gasteiger partial charge >= 0.3 is 28.4 Å². The molecule has 0 saturated heterocycles. The SMILES string of the molecule is CC1=[C-]C(C)C=C1C(C)(C)C.[CH2-]C.[CH2]=[Zr].[c-]1cccc2c1Cc1ccccc1-2.[c-]1ccccc1. The predicted molar refractivity (Wildman–Crippen MR) is 146 cm³/mol. The number of hydrogen-bond donors (Lipinski definition) is 0. The molecule has 3 aromatic carbocycles. The van der Waals surface area contributed by atoms with Crippen molar-refractivity contribution in [2.24, 2.45) is 11.3 Å². The smallest absolute Gasteiger partial charge is 0.0253 e. The Bertz CT molecular complexity index is 965. The van der Waals surface area contributed by atoms with E-state index in [0.717, 1.165) is 6.42 Å². The van der Waals surface area contributed by atoms with Crippen LogP contribution in [0.15, 0.2) is 90.0 Å². The maximum absolute atomic E-state index is 3.40. The van der Waals surface area contributed by atoms with Crippen molar-refractivity contribution in [2.75, 3.05) is 0 Å². The summed E-state index contributed by atoms with van der Waals surface area (Å²) in [5.41, 5.74) is 8.60. The van der Waals surface area contributed by atoms with E-state index in [-0.39, 0.29) is 0 Å². The largest absolute Gasteiger partial charge is 0.184 e. The average Bonchev–Trinajstić information content (AvgIpc) is 3.42. The average molecular weight is 526 g/mol. The predicted octanol–water partition coefficient (Wildman–Crippen LogP) is 8.71. The summed E-state index contributed by atoms with van der Waals surface area (Å²) >= 11 is 1.30. The summed E-state index contributed by atoms with van der Waals surface area (Å²) in [6.07, 6.45) is 6.76. The van der Waals surface area contributed by atoms with Crippen molar-refractivity contribution in [1.82, 2.24) is 0 Å². The van der Waals surface area contributed by atoms with Crippen molar-refractivity contribution < 1.29 is 24.2 Å². The second kappa shape index (κ2) is 15.7. The number of hydrogen-bond acceptors (Lipinski definition) is 0. The Kier molecular flexibility index (Phi) is 13.8. The second-order valence-corrected chi connectivity index (χ2v) is 8.86. The van der Waals surface area contributed by atoms with Crippen molar-refractivity contribution in [2.45, 2.75) is 48.0 Å². The molecule has 178 valence electrons. The molecule has 0 aliphatic heterocycles. The van der Waals surface area contributed by atoms with E-state index in [1.807, 2.05) is 36.4 Å². The zero-order valence-corrected chi connectivity index (χ0v) is 24.2. The first kappa shape index (κ1) is 29.9. The zero-order valence-electron chi connectivity index (χ0n) is 21.7. The molecule has 0 saturated carbocycles. The molecule has 5 rings (SSSR count). The summed E-state index contributed by atoms with van der Waals surface area (Å²) in [7, 11) is 0. The third kappa shape index (κ3) is 9.27. The topological polar surface area (TPSA) is 0 Å². The Labute approximate surface area is 224 Å². The Balaban J connectivity index is 0.000000250. The molecule has 0 heterocycles. The Morgan fingerprint density at radius 2 is 1.50 bits per heavy atom. The maximum Gasteiger partial charge on any atom is -0.0253 e. The van der Waals surface area contributed by atoms with Crippen LogP contribution in [0.1, 0.15) is 52.7 Å². The first-order valence-electron chi connectivity index (χ1n) is 11.7. The fourth-order valence-electron chi connectivity index (χ4n) is 3.99. The molecule has 0 nitrogen and oxygen atoms in total. The Morgan fingerprint density at radius 3 is 1.97 bits per heavy atom. The van der Waals surface area contributed by atoms with Crippen molar-refractivity contribution >= 4 is 4.21 Å². The van der Waals surface area contributed by atoms with Gasteiger partial charge in [-0.15, -0.1) is 5.56 Å². The Hall–Kier alpha value is -2.11. The summed E-state index contributed by atoms with van der Waals surface area (Å²) < 4.78 is 3.34. The van der Waals surface area contributed by atoms with Crippen molar-refractivity contribution in [3.05, 3.63) is 126 Å². The summed E-state index contributed by atoms with van der Waals surface area (Å²) in [5.74, 6) is 0.518. The number of allylic oxidation sites excluding steroid dienone is 4. The van der Waals surface area contributed by atoms with Gasteiger partial charge in [-0.25, -0.2) is 5.57 Å². The van der Waals surface area contributed by atoms with E-state index in [4.69, 9.17) is 0 Å². The molecule has 2 aliphatic carbocycles. The van der Waals surface area contributed by atoms with Crippen LogP contribution in [0.3, 0.4) is 0 Å². The van der Waals surface area contributed by atoms with Gasteiger partial charge in [0.05, 0.1) is 0 Å². The summed E-state index contributed by atoms with van der Waals surface area (Å²) in [5, 5.41) is 0. The zero-order chi connectivity index (χ0) is 25.6. The molecular formula is C33H38Zr-4. The molecule has 3 aromatic rings. The summed E-state index contributed by atoms with van der Waals surface area (Å²) in [4.78, 5) is 0. The molecule has 0 fully saturated rings. The second-order valence-electron chi connectivity index (χ2n) is 8.86. The molecule has 0 radical (unpaired) electrons. The van der Waals surface area contributed by atoms with E-state index in [2.05, 4.69) is 106 Å². The Morgan fingerprint density at radius 1 is 0.882 bits per heavy atom. The third-order valence-electron chi connectivity index (χ3n) is 5.30. The molecule has 34 heavy (non-hydrogen) atoms. The number of fused-ring (bicyclic) bond motifs is 3. The molecule has 1 unspecified atom stereocenters. The summed E-state index contributed by atoms with van der Waals surface area (Å²) in [6.45, 7) is 16.1. The van der Waals surface area contributed by atoms with Crippen LogP contribution in [0, 0.1) is 36.5 Å². The van der Waals surface area contributed by atoms with Crippen LogP contribution in [-0.4, -0.2) is 4.21 Å². The van der Waals surface area contributed by atoms with Gasteiger partial charge in [0.2, 0.25) is 0 Å². The van der Waals surface area contributed by atoms with Crippen LogP contribution in [0.4, 0.5) is 0 Å². The van der Waals surface area contributed by atoms with Crippen molar-refractivity contribution in [1.29, 1.82) is 0 Å². The quantitative estimate of drug-likeness (QED) is 0.201. The number of benzene rings is 3. The molecule has 2 aliphatic rings. The first-order chi connectivity index (χ1) is 16.4. The van der Waals surface area contributed by atoms with Gasteiger partial charge in [0.1, 0.15) is 0 Å². The van der Waals surface area contributed by atoms with Crippen LogP contribution in [0.2, 0.25) is 0 Å². The van der Waals surface area contributed by atoms with Gasteiger partial charge in [0.25, 0.3) is 0 Å². The first-order valence-corrected chi connectivity index (χ1v) is 13.5. The van der Waals surface area contributed by atoms with Gasteiger partial charge in [0.15, 0.2) is 0 Å². The van der Waals surface area contributed by atoms with Crippen LogP contribution < -0.4 is 0 Å². The third-order valence-corrected chi connectivity index (χ3v) is 5.30. The van der Waals surface area contributed by atoms with E-state index in [9.17, 15) is 0 Å². The standard InChI is InChI=1S/C13H9.C11H17.C6H5.C2H5.CH2.Zr/c1-3-7-12-10(5-1)9-11-6-2-4-8-13(11)12;1-8-6-9(2)10(7-8)11(3,4)5;1-2-4-6-5-3-1;1-2;;/h1-5,7-8H,9H2;7-8H,1-5H3;1-5H;1H2,2H3;1H2;/q4*-1;;. The number of rotatable bonds is 0. The fourth-order valence-corrected chi connectivity index (χ4v) is 3.99. The minimum atomic E-state index is 0.293. The molecular weight excluding hydrogens is 488 g/mol. The van der Waals surface area contributed by atoms with Gasteiger partial charge in [-0.2, -0.15) is 84.8 Å². The molecule has 1 heteroatoms. The van der Waals surface area contributed by atoms with E-state index in [1.54, 1.807) is 6.92 Å². The van der Waals surface area contributed by atoms with E-state index in [0.29, 0.717) is 11.3 Å². The van der Waals surface area contributed by atoms with Gasteiger partial charge in [-0.05, 0) is 6.42 Å². The van der Waals surface area contributed by atoms with Gasteiger partial charge in [0, 0.05) is 0 Å². The van der Waals surface area contributed by atoms with Gasteiger partial charge in [-0.3, -0.25) is 6.08 Å². The molecule has 0 amide bonds. The van der Waals surface area contributed by atoms with Crippen molar-refractivity contribution in [3.63, 3.8) is 0 Å². The van der Waals surface area contributed by atoms with E-state index in [1.165, 1.54) is 57.6 Å². The van der Waals surface area contributed by atoms with Crippen LogP contribution in [-0.2, 0) is 30.7 Å². The van der Waals surface area contributed by atoms with Gasteiger partial charge in [-0.1, -0.05) is 81.3 Å². The maximum atomic E-state index is 3.40. The van der Waals surface area contributed by atoms with Crippen molar-refractivity contribution in [3.8, 4) is 11.1 Å². The fraction of sp³-hybridized carbons (Fsp3) is 0.273. The molecule has 0 spiro atoms. The van der Waals surface area contributed by atoms with Crippen LogP contribution in [0.5, 0.6) is 0 Å². The molecule has 1 atom stereocenters. The molecule has 0 aromatic heterocycles. The minimum Gasteiger partial charge on any atom is -0.184 e. The van der Waals surface area contributed by atoms with Crippen LogP contribution in [0.25, 0.3) is 11.1 Å². The summed E-state index contributed by atoms with van der Waals surface area (Å²) in [6, 6.07) is 30.6. The van der Waals surface area contributed by atoms with Gasteiger partial charge < -0.3 is 6.92 Å². The molecule has 0 N–H and O–H groups in total. The minimum absolute atomic E-state index is 0.293. The van der Waals surface area contributed by atoms with E-state index < -0.39 is 0 Å². The van der Waals surface area contributed by atoms with E-state index >= 15 is 0 Å². The normalized spacial score (nSPS) is 14.5. The monoisotopic (exact) mass is 524 g/mol. The molecule has 0 bridgehead atoms. The van der Waals surface area contributed by atoms with Crippen LogP contribution >= 0.6 is 0 Å².